The lowest BCUT2D eigenvalue weighted by Gasteiger charge is -2.30. The van der Waals surface area contributed by atoms with Gasteiger partial charge in [-0.15, -0.1) is 0 Å². The zero-order valence-corrected chi connectivity index (χ0v) is 18.3. The van der Waals surface area contributed by atoms with E-state index in [1.807, 2.05) is 30.3 Å². The van der Waals surface area contributed by atoms with Crippen molar-refractivity contribution in [2.45, 2.75) is 32.7 Å². The number of aromatic nitrogens is 2. The smallest absolute Gasteiger partial charge is 0.136 e. The van der Waals surface area contributed by atoms with Gasteiger partial charge in [0.15, 0.2) is 0 Å². The van der Waals surface area contributed by atoms with Crippen LogP contribution >= 0.6 is 27.5 Å². The van der Waals surface area contributed by atoms with Gasteiger partial charge in [-0.05, 0) is 47.9 Å². The highest BCUT2D eigenvalue weighted by Gasteiger charge is 2.20. The van der Waals surface area contributed by atoms with Gasteiger partial charge in [0.05, 0.1) is 0 Å². The van der Waals surface area contributed by atoms with Gasteiger partial charge in [0.1, 0.15) is 17.5 Å². The number of fused-ring (bicyclic) bond motifs is 1. The van der Waals surface area contributed by atoms with E-state index in [0.717, 1.165) is 47.1 Å². The van der Waals surface area contributed by atoms with Gasteiger partial charge in [-0.25, -0.2) is 9.97 Å². The lowest BCUT2D eigenvalue weighted by molar-refractivity contribution is 0.703. The number of nitrogens with one attached hydrogen (secondary N) is 1. The molecule has 2 heterocycles. The molecule has 144 valence electrons. The molecule has 4 rings (SSSR count). The van der Waals surface area contributed by atoms with Crippen molar-refractivity contribution >= 4 is 44.9 Å². The van der Waals surface area contributed by atoms with E-state index in [1.165, 1.54) is 11.1 Å². The number of anilines is 3. The third-order valence-corrected chi connectivity index (χ3v) is 5.58. The van der Waals surface area contributed by atoms with Crippen LogP contribution in [0.2, 0.25) is 5.02 Å². The molecule has 0 saturated heterocycles. The Morgan fingerprint density at radius 3 is 2.71 bits per heavy atom. The molecule has 0 unspecified atom stereocenters. The third kappa shape index (κ3) is 4.31. The highest BCUT2D eigenvalue weighted by Crippen LogP contribution is 2.29. The first-order valence-electron chi connectivity index (χ1n) is 9.42. The first kappa shape index (κ1) is 19.2. The van der Waals surface area contributed by atoms with Gasteiger partial charge in [-0.3, -0.25) is 0 Å². The number of benzene rings is 2. The summed E-state index contributed by atoms with van der Waals surface area (Å²) in [6.07, 6.45) is 1.01. The van der Waals surface area contributed by atoms with Crippen LogP contribution in [0, 0.1) is 0 Å². The van der Waals surface area contributed by atoms with Gasteiger partial charge < -0.3 is 10.2 Å². The average Bonchev–Trinajstić information content (AvgIpc) is 2.67. The van der Waals surface area contributed by atoms with E-state index in [4.69, 9.17) is 21.6 Å². The summed E-state index contributed by atoms with van der Waals surface area (Å²) in [7, 11) is 0. The molecule has 28 heavy (non-hydrogen) atoms. The Morgan fingerprint density at radius 1 is 1.07 bits per heavy atom. The fraction of sp³-hybridized carbons (Fsp3) is 0.273. The molecular formula is C22H22BrClN4. The normalized spacial score (nSPS) is 13.5. The Balaban J connectivity index is 1.66. The van der Waals surface area contributed by atoms with Crippen LogP contribution in [0.25, 0.3) is 0 Å². The fourth-order valence-corrected chi connectivity index (χ4v) is 3.97. The van der Waals surface area contributed by atoms with E-state index in [9.17, 15) is 0 Å². The molecule has 0 spiro atoms. The number of hydrogen-bond acceptors (Lipinski definition) is 4. The van der Waals surface area contributed by atoms with Crippen molar-refractivity contribution < 1.29 is 0 Å². The largest absolute Gasteiger partial charge is 0.352 e. The summed E-state index contributed by atoms with van der Waals surface area (Å²) in [6.45, 7) is 6.02. The van der Waals surface area contributed by atoms with Crippen molar-refractivity contribution in [3.63, 3.8) is 0 Å². The first-order valence-corrected chi connectivity index (χ1v) is 10.6. The van der Waals surface area contributed by atoms with Crippen LogP contribution < -0.4 is 10.2 Å². The molecule has 0 saturated carbocycles. The molecular weight excluding hydrogens is 436 g/mol. The zero-order chi connectivity index (χ0) is 19.7. The van der Waals surface area contributed by atoms with E-state index < -0.39 is 0 Å². The second kappa shape index (κ2) is 8.10. The van der Waals surface area contributed by atoms with E-state index in [1.54, 1.807) is 0 Å². The molecule has 3 aromatic rings. The van der Waals surface area contributed by atoms with Gasteiger partial charge in [-0.2, -0.15) is 0 Å². The Kier molecular flexibility index (Phi) is 5.56. The SMILES string of the molecule is CC(C)c1nc(Nc2cccc(Cl)c2)cc(N2CCc3ccc(Br)cc3C2)n1. The molecule has 0 fully saturated rings. The molecule has 1 aliphatic rings. The van der Waals surface area contributed by atoms with Crippen molar-refractivity contribution in [1.29, 1.82) is 0 Å². The summed E-state index contributed by atoms with van der Waals surface area (Å²) >= 11 is 9.71. The highest BCUT2D eigenvalue weighted by molar-refractivity contribution is 9.10. The van der Waals surface area contributed by atoms with Crippen LogP contribution in [0.3, 0.4) is 0 Å². The molecule has 1 aliphatic heterocycles. The predicted octanol–water partition coefficient (Wildman–Crippen LogP) is 6.32. The van der Waals surface area contributed by atoms with Gasteiger partial charge in [0.25, 0.3) is 0 Å². The minimum absolute atomic E-state index is 0.242. The van der Waals surface area contributed by atoms with Crippen molar-refractivity contribution in [2.24, 2.45) is 0 Å². The van der Waals surface area contributed by atoms with Crippen LogP contribution in [0.4, 0.5) is 17.3 Å². The molecule has 0 bridgehead atoms. The van der Waals surface area contributed by atoms with Crippen LogP contribution in [0.1, 0.15) is 36.7 Å². The molecule has 0 amide bonds. The predicted molar refractivity (Wildman–Crippen MR) is 120 cm³/mol. The zero-order valence-electron chi connectivity index (χ0n) is 15.9. The summed E-state index contributed by atoms with van der Waals surface area (Å²) < 4.78 is 1.11. The van der Waals surface area contributed by atoms with Crippen molar-refractivity contribution in [2.75, 3.05) is 16.8 Å². The minimum atomic E-state index is 0.242. The maximum Gasteiger partial charge on any atom is 0.136 e. The van der Waals surface area contributed by atoms with Gasteiger partial charge >= 0.3 is 0 Å². The third-order valence-electron chi connectivity index (χ3n) is 4.85. The molecule has 4 nitrogen and oxygen atoms in total. The van der Waals surface area contributed by atoms with Crippen LogP contribution in [-0.4, -0.2) is 16.5 Å². The summed E-state index contributed by atoms with van der Waals surface area (Å²) in [4.78, 5) is 11.9. The Labute approximate surface area is 179 Å². The average molecular weight is 458 g/mol. The standard InChI is InChI=1S/C22H22BrClN4/c1-14(2)22-26-20(25-19-5-3-4-18(24)11-19)12-21(27-22)28-9-8-15-6-7-17(23)10-16(15)13-28/h3-7,10-12,14H,8-9,13H2,1-2H3,(H,25,26,27). The molecule has 6 heteroatoms. The summed E-state index contributed by atoms with van der Waals surface area (Å²) in [5.74, 6) is 2.82. The van der Waals surface area contributed by atoms with Gasteiger partial charge in [-0.1, -0.05) is 53.5 Å². The number of rotatable bonds is 4. The Morgan fingerprint density at radius 2 is 1.93 bits per heavy atom. The quantitative estimate of drug-likeness (QED) is 0.497. The second-order valence-electron chi connectivity index (χ2n) is 7.34. The van der Waals surface area contributed by atoms with Crippen LogP contribution in [0.15, 0.2) is 53.0 Å². The maximum atomic E-state index is 6.12. The van der Waals surface area contributed by atoms with Gasteiger partial charge in [0.2, 0.25) is 0 Å². The van der Waals surface area contributed by atoms with Crippen molar-refractivity contribution in [3.05, 3.63) is 75.0 Å². The lowest BCUT2D eigenvalue weighted by atomic mass is 10.00. The number of nitrogens with zero attached hydrogens (tertiary/aromatic N) is 3. The summed E-state index contributed by atoms with van der Waals surface area (Å²) in [5.41, 5.74) is 3.67. The van der Waals surface area contributed by atoms with Gasteiger partial charge in [0, 0.05) is 40.3 Å². The first-order chi connectivity index (χ1) is 13.5. The van der Waals surface area contributed by atoms with E-state index in [2.05, 4.69) is 58.2 Å². The number of hydrogen-bond donors (Lipinski definition) is 1. The minimum Gasteiger partial charge on any atom is -0.352 e. The summed E-state index contributed by atoms with van der Waals surface area (Å²) in [6, 6.07) is 16.2. The molecule has 0 radical (unpaired) electrons. The lowest BCUT2D eigenvalue weighted by Crippen LogP contribution is -2.31. The van der Waals surface area contributed by atoms with E-state index >= 15 is 0 Å². The Hall–Kier alpha value is -2.11. The Bertz CT molecular complexity index is 1010. The summed E-state index contributed by atoms with van der Waals surface area (Å²) in [5, 5.41) is 4.07. The topological polar surface area (TPSA) is 41.1 Å². The van der Waals surface area contributed by atoms with Crippen molar-refractivity contribution in [3.8, 4) is 0 Å². The second-order valence-corrected chi connectivity index (χ2v) is 8.70. The van der Waals surface area contributed by atoms with E-state index in [0.29, 0.717) is 5.02 Å². The molecule has 2 aromatic carbocycles. The molecule has 0 atom stereocenters. The van der Waals surface area contributed by atoms with Crippen LogP contribution in [0.5, 0.6) is 0 Å². The maximum absolute atomic E-state index is 6.12. The molecule has 1 N–H and O–H groups in total. The number of halogens is 2. The van der Waals surface area contributed by atoms with E-state index in [-0.39, 0.29) is 5.92 Å². The van der Waals surface area contributed by atoms with Crippen molar-refractivity contribution in [1.82, 2.24) is 9.97 Å². The molecule has 0 aliphatic carbocycles. The highest BCUT2D eigenvalue weighted by atomic mass is 79.9. The monoisotopic (exact) mass is 456 g/mol. The molecule has 1 aromatic heterocycles. The van der Waals surface area contributed by atoms with Crippen LogP contribution in [-0.2, 0) is 13.0 Å². The fourth-order valence-electron chi connectivity index (χ4n) is 3.37.